The average molecular weight is 897 g/mol. The number of hydrogen-bond acceptors (Lipinski definition) is 5. The van der Waals surface area contributed by atoms with Gasteiger partial charge in [-0.2, -0.15) is 0 Å². The van der Waals surface area contributed by atoms with Gasteiger partial charge in [0.25, 0.3) is 0 Å². The van der Waals surface area contributed by atoms with Crippen LogP contribution in [0.1, 0.15) is 182 Å². The van der Waals surface area contributed by atoms with Gasteiger partial charge in [0.2, 0.25) is 0 Å². The van der Waals surface area contributed by atoms with E-state index in [9.17, 15) is 0 Å². The molecule has 0 atom stereocenters. The molecular weight excluding hydrogens is 791 g/mol. The van der Waals surface area contributed by atoms with Crippen molar-refractivity contribution in [3.05, 3.63) is 170 Å². The zero-order valence-corrected chi connectivity index (χ0v) is 47.9. The van der Waals surface area contributed by atoms with E-state index in [1.165, 1.54) is 37.6 Å². The van der Waals surface area contributed by atoms with E-state index in [0.717, 1.165) is 5.69 Å². The van der Waals surface area contributed by atoms with Gasteiger partial charge in [0.1, 0.15) is 0 Å². The predicted octanol–water partition coefficient (Wildman–Crippen LogP) is 21.2. The van der Waals surface area contributed by atoms with Crippen molar-refractivity contribution >= 4 is 22.7 Å². The zero-order chi connectivity index (χ0) is 51.0. The second-order valence-corrected chi connectivity index (χ2v) is 11.7. The van der Waals surface area contributed by atoms with E-state index >= 15 is 0 Å². The van der Waals surface area contributed by atoms with E-state index in [-0.39, 0.29) is 0 Å². The minimum Gasteiger partial charge on any atom is -0.264 e. The zero-order valence-electron chi connectivity index (χ0n) is 46.3. The van der Waals surface area contributed by atoms with Crippen molar-refractivity contribution in [3.63, 3.8) is 0 Å². The van der Waals surface area contributed by atoms with Gasteiger partial charge in [0.05, 0.1) is 0 Å². The average Bonchev–Trinajstić information content (AvgIpc) is 3.95. The van der Waals surface area contributed by atoms with Gasteiger partial charge in [-0.1, -0.05) is 193 Å². The predicted molar refractivity (Wildman–Crippen MR) is 299 cm³/mol. The quantitative estimate of drug-likeness (QED) is 0.152. The minimum absolute atomic E-state index is 1.07. The molecular formula is C57H105N3S2. The van der Waals surface area contributed by atoms with Crippen molar-refractivity contribution in [2.45, 2.75) is 194 Å². The van der Waals surface area contributed by atoms with Crippen LogP contribution in [0.5, 0.6) is 0 Å². The molecule has 0 aliphatic rings. The van der Waals surface area contributed by atoms with Crippen molar-refractivity contribution < 1.29 is 0 Å². The summed E-state index contributed by atoms with van der Waals surface area (Å²) >= 11 is 3.61. The number of thiophene rings is 2. The highest BCUT2D eigenvalue weighted by molar-refractivity contribution is 7.10. The highest BCUT2D eigenvalue weighted by Gasteiger charge is 1.87. The van der Waals surface area contributed by atoms with E-state index in [4.69, 9.17) is 0 Å². The van der Waals surface area contributed by atoms with Gasteiger partial charge in [-0.25, -0.2) is 0 Å². The summed E-state index contributed by atoms with van der Waals surface area (Å²) in [5.74, 6) is 0. The van der Waals surface area contributed by atoms with E-state index in [1.54, 1.807) is 41.3 Å². The summed E-state index contributed by atoms with van der Waals surface area (Å²) in [6, 6.07) is 28.3. The van der Waals surface area contributed by atoms with Crippen LogP contribution in [0.15, 0.2) is 127 Å². The largest absolute Gasteiger partial charge is 0.264 e. The van der Waals surface area contributed by atoms with Crippen LogP contribution in [0, 0.1) is 55.4 Å². The number of nitrogens with zero attached hydrogens (tertiary/aromatic N) is 3. The fourth-order valence-electron chi connectivity index (χ4n) is 2.78. The first kappa shape index (κ1) is 81.9. The van der Waals surface area contributed by atoms with Gasteiger partial charge in [0, 0.05) is 46.4 Å². The Morgan fingerprint density at radius 3 is 0.726 bits per heavy atom. The molecule has 62 heavy (non-hydrogen) atoms. The van der Waals surface area contributed by atoms with Crippen LogP contribution in [-0.2, 0) is 0 Å². The Bertz CT molecular complexity index is 1210. The van der Waals surface area contributed by atoms with E-state index in [1.807, 2.05) is 232 Å². The summed E-state index contributed by atoms with van der Waals surface area (Å²) < 4.78 is 0. The highest BCUT2D eigenvalue weighted by Crippen LogP contribution is 2.12. The Kier molecular flexibility index (Phi) is 112. The lowest BCUT2D eigenvalue weighted by Gasteiger charge is -1.82. The Morgan fingerprint density at radius 2 is 0.613 bits per heavy atom. The van der Waals surface area contributed by atoms with Gasteiger partial charge < -0.3 is 0 Å². The Hall–Kier alpha value is -3.93. The Labute approximate surface area is 399 Å². The molecule has 0 aliphatic carbocycles. The van der Waals surface area contributed by atoms with Gasteiger partial charge in [-0.05, 0) is 125 Å². The smallest absolute Gasteiger partial charge is 0.0372 e. The molecule has 0 unspecified atom stereocenters. The summed E-state index contributed by atoms with van der Waals surface area (Å²) in [5.41, 5.74) is 7.63. The summed E-state index contributed by atoms with van der Waals surface area (Å²) in [4.78, 5) is 14.6. The van der Waals surface area contributed by atoms with Gasteiger partial charge in [-0.3, -0.25) is 15.0 Å². The monoisotopic (exact) mass is 896 g/mol. The molecule has 6 rings (SSSR count). The molecule has 3 nitrogen and oxygen atoms in total. The molecule has 1 aromatic carbocycles. The van der Waals surface area contributed by atoms with Crippen molar-refractivity contribution in [3.8, 4) is 0 Å². The molecule has 0 radical (unpaired) electrons. The molecule has 0 saturated carbocycles. The molecule has 5 aromatic heterocycles. The fraction of sp³-hybridized carbons (Fsp3) is 0.491. The summed E-state index contributed by atoms with van der Waals surface area (Å²) in [6.45, 7) is 56.6. The van der Waals surface area contributed by atoms with Crippen LogP contribution in [0.25, 0.3) is 0 Å². The van der Waals surface area contributed by atoms with Crippen LogP contribution in [0.3, 0.4) is 0 Å². The fourth-order valence-corrected chi connectivity index (χ4v) is 4.24. The third-order valence-corrected chi connectivity index (χ3v) is 7.50. The lowest BCUT2D eigenvalue weighted by Crippen LogP contribution is -1.72. The normalized spacial score (nSPS) is 7.03. The Morgan fingerprint density at radius 1 is 0.306 bits per heavy atom. The molecule has 0 N–H and O–H groups in total. The van der Waals surface area contributed by atoms with Crippen molar-refractivity contribution in [1.29, 1.82) is 0 Å². The first-order chi connectivity index (χ1) is 30.2. The number of pyridine rings is 3. The molecule has 0 amide bonds. The van der Waals surface area contributed by atoms with Crippen LogP contribution in [0.4, 0.5) is 0 Å². The number of hydrogen-bond donors (Lipinski definition) is 0. The molecule has 0 fully saturated rings. The van der Waals surface area contributed by atoms with E-state index in [0.29, 0.717) is 0 Å². The van der Waals surface area contributed by atoms with Gasteiger partial charge in [0.15, 0.2) is 0 Å². The van der Waals surface area contributed by atoms with Gasteiger partial charge >= 0.3 is 0 Å². The summed E-state index contributed by atoms with van der Waals surface area (Å²) in [6.07, 6.45) is 9.00. The second kappa shape index (κ2) is 84.5. The molecule has 6 aromatic rings. The van der Waals surface area contributed by atoms with Crippen LogP contribution >= 0.6 is 22.7 Å². The van der Waals surface area contributed by atoms with Crippen LogP contribution < -0.4 is 0 Å². The molecule has 0 bridgehead atoms. The number of benzene rings is 1. The summed E-state index contributed by atoms with van der Waals surface area (Å²) in [5, 5.41) is 4.23. The molecule has 360 valence electrons. The van der Waals surface area contributed by atoms with Crippen molar-refractivity contribution in [1.82, 2.24) is 15.0 Å². The standard InChI is InChI=1S/C7H8.3C6H7N.2C6H8S.10C2H6/c1-7-5-3-2-4-6-7;2*1-6-3-2-4-7-5-6;1-6-4-2-3-5-7-6;2*1-5-3-4-7-6(5)2;10*1-2/h2-6H,1H3;3*2-5H,1H3;2*3-4H,1-2H3;10*1-2H3. The third kappa shape index (κ3) is 73.6. The molecule has 0 aliphatic heterocycles. The van der Waals surface area contributed by atoms with Gasteiger partial charge in [-0.15, -0.1) is 22.7 Å². The number of aryl methyl sites for hydroxylation is 8. The maximum absolute atomic E-state index is 3.98. The number of aromatic nitrogens is 3. The topological polar surface area (TPSA) is 38.7 Å². The Balaban J connectivity index is -0.0000000605. The maximum Gasteiger partial charge on any atom is 0.0372 e. The molecule has 0 spiro atoms. The first-order valence-corrected chi connectivity index (χ1v) is 25.6. The van der Waals surface area contributed by atoms with E-state index < -0.39 is 0 Å². The lowest BCUT2D eigenvalue weighted by molar-refractivity contribution is 1.20. The maximum atomic E-state index is 3.98. The number of rotatable bonds is 0. The highest BCUT2D eigenvalue weighted by atomic mass is 32.1. The SMILES string of the molecule is CC.CC.CC.CC.CC.CC.CC.CC.CC.CC.Cc1ccccc1.Cc1ccccn1.Cc1cccnc1.Cc1cccnc1.Cc1ccsc1C.Cc1ccsc1C. The molecule has 0 saturated heterocycles. The van der Waals surface area contributed by atoms with E-state index in [2.05, 4.69) is 84.6 Å². The van der Waals surface area contributed by atoms with Crippen LogP contribution in [-0.4, -0.2) is 15.0 Å². The third-order valence-electron chi connectivity index (χ3n) is 5.61. The summed E-state index contributed by atoms with van der Waals surface area (Å²) in [7, 11) is 0. The minimum atomic E-state index is 1.07. The van der Waals surface area contributed by atoms with Crippen LogP contribution in [0.2, 0.25) is 0 Å². The molecule has 5 heteroatoms. The second-order valence-electron chi connectivity index (χ2n) is 9.51. The molecule has 5 heterocycles. The first-order valence-electron chi connectivity index (χ1n) is 23.8. The van der Waals surface area contributed by atoms with Crippen molar-refractivity contribution in [2.75, 3.05) is 0 Å². The van der Waals surface area contributed by atoms with Crippen molar-refractivity contribution in [2.24, 2.45) is 0 Å². The lowest BCUT2D eigenvalue weighted by atomic mass is 10.2.